The Hall–Kier alpha value is -2.40. The Balaban J connectivity index is 1.78. The van der Waals surface area contributed by atoms with E-state index in [1.807, 2.05) is 53.1 Å². The van der Waals surface area contributed by atoms with E-state index in [1.54, 1.807) is 7.11 Å². The minimum Gasteiger partial charge on any atom is -0.497 e. The number of halogens is 1. The average molecular weight is 550 g/mol. The number of nitrogens with zero attached hydrogens (tertiary/aromatic N) is 3. The van der Waals surface area contributed by atoms with Gasteiger partial charge in [-0.15, -0.1) is 10.2 Å². The molecule has 0 fully saturated rings. The molecule has 7 nitrogen and oxygen atoms in total. The zero-order chi connectivity index (χ0) is 22.2. The van der Waals surface area contributed by atoms with Crippen molar-refractivity contribution >= 4 is 46.0 Å². The lowest BCUT2D eigenvalue weighted by Crippen LogP contribution is -2.21. The van der Waals surface area contributed by atoms with Gasteiger partial charge in [0.1, 0.15) is 11.6 Å². The van der Waals surface area contributed by atoms with E-state index in [-0.39, 0.29) is 17.4 Å². The van der Waals surface area contributed by atoms with Crippen LogP contribution < -0.4 is 10.1 Å². The number of aromatic nitrogens is 3. The second kappa shape index (κ2) is 11.3. The summed E-state index contributed by atoms with van der Waals surface area (Å²) >= 11 is 3.58. The molecule has 3 rings (SSSR count). The van der Waals surface area contributed by atoms with E-state index < -0.39 is 0 Å². The molecule has 1 heterocycles. The zero-order valence-corrected chi connectivity index (χ0v) is 20.3. The number of methoxy groups -OCH3 is 1. The maximum Gasteiger partial charge on any atom is 0.216 e. The molecule has 9 heteroatoms. The van der Waals surface area contributed by atoms with Crippen LogP contribution in [0.1, 0.15) is 29.5 Å². The van der Waals surface area contributed by atoms with Crippen molar-refractivity contribution in [2.75, 3.05) is 19.4 Å². The minimum absolute atomic E-state index is 0.0397. The molecular weight excluding hydrogens is 527 g/mol. The number of Topliss-reactive ketones (excluding diaryl/α,β-unsaturated/α-hetero) is 1. The Morgan fingerprint density at radius 3 is 2.45 bits per heavy atom. The summed E-state index contributed by atoms with van der Waals surface area (Å²) in [5.74, 6) is 1.78. The number of hydrogen-bond acceptors (Lipinski definition) is 6. The highest BCUT2D eigenvalue weighted by molar-refractivity contribution is 14.1. The van der Waals surface area contributed by atoms with Crippen LogP contribution >= 0.6 is 34.4 Å². The summed E-state index contributed by atoms with van der Waals surface area (Å²) < 4.78 is 8.30. The average Bonchev–Trinajstić information content (AvgIpc) is 3.18. The molecule has 1 amide bonds. The summed E-state index contributed by atoms with van der Waals surface area (Å²) in [6, 6.07) is 15.1. The summed E-state index contributed by atoms with van der Waals surface area (Å²) in [6.45, 7) is 2.07. The lowest BCUT2D eigenvalue weighted by molar-refractivity contribution is -0.118. The van der Waals surface area contributed by atoms with Crippen molar-refractivity contribution in [3.05, 3.63) is 63.5 Å². The van der Waals surface area contributed by atoms with Crippen LogP contribution in [0.15, 0.2) is 53.7 Å². The summed E-state index contributed by atoms with van der Waals surface area (Å²) in [5.41, 5.74) is 1.57. The number of ether oxygens (including phenoxy) is 1. The Morgan fingerprint density at radius 2 is 1.81 bits per heavy atom. The van der Waals surface area contributed by atoms with Crippen LogP contribution in [-0.4, -0.2) is 45.9 Å². The van der Waals surface area contributed by atoms with Crippen molar-refractivity contribution in [3.63, 3.8) is 0 Å². The molecule has 1 aromatic heterocycles. The van der Waals surface area contributed by atoms with Gasteiger partial charge in [0.15, 0.2) is 10.9 Å². The Morgan fingerprint density at radius 1 is 1.10 bits per heavy atom. The third-order valence-corrected chi connectivity index (χ3v) is 6.13. The summed E-state index contributed by atoms with van der Waals surface area (Å²) in [5, 5.41) is 12.1. The van der Waals surface area contributed by atoms with Gasteiger partial charge in [-0.25, -0.2) is 0 Å². The third kappa shape index (κ3) is 6.54. The summed E-state index contributed by atoms with van der Waals surface area (Å²) in [6.07, 6.45) is 1.38. The van der Waals surface area contributed by atoms with Crippen LogP contribution in [0.25, 0.3) is 5.69 Å². The van der Waals surface area contributed by atoms with Crippen molar-refractivity contribution < 1.29 is 14.3 Å². The largest absolute Gasteiger partial charge is 0.497 e. The van der Waals surface area contributed by atoms with E-state index in [2.05, 4.69) is 38.1 Å². The molecule has 0 saturated heterocycles. The van der Waals surface area contributed by atoms with Crippen LogP contribution in [-0.2, 0) is 11.2 Å². The first-order chi connectivity index (χ1) is 15.0. The number of aryl methyl sites for hydroxylation is 1. The molecule has 162 valence electrons. The van der Waals surface area contributed by atoms with Crippen molar-refractivity contribution in [2.24, 2.45) is 0 Å². The van der Waals surface area contributed by atoms with Gasteiger partial charge in [-0.05, 0) is 65.4 Å². The number of thioether (sulfide) groups is 1. The molecule has 1 N–H and O–H groups in total. The fourth-order valence-corrected chi connectivity index (χ4v) is 4.13. The highest BCUT2D eigenvalue weighted by Gasteiger charge is 2.16. The van der Waals surface area contributed by atoms with Crippen LogP contribution in [0.2, 0.25) is 0 Å². The number of ketones is 1. The first kappa shape index (κ1) is 23.3. The number of nitrogens with one attached hydrogen (secondary N) is 1. The van der Waals surface area contributed by atoms with Gasteiger partial charge < -0.3 is 10.1 Å². The van der Waals surface area contributed by atoms with Crippen molar-refractivity contribution in [2.45, 2.75) is 24.9 Å². The predicted molar refractivity (Wildman–Crippen MR) is 129 cm³/mol. The molecule has 0 bridgehead atoms. The second-order valence-corrected chi connectivity index (χ2v) is 8.93. The number of amides is 1. The fraction of sp³-hybridized carbons (Fsp3) is 0.273. The molecule has 0 radical (unpaired) electrons. The lowest BCUT2D eigenvalue weighted by atomic mass is 10.2. The van der Waals surface area contributed by atoms with Gasteiger partial charge in [0.25, 0.3) is 0 Å². The third-order valence-electron chi connectivity index (χ3n) is 4.48. The molecular formula is C22H23IN4O3S. The smallest absolute Gasteiger partial charge is 0.216 e. The number of carbonyl (C=O) groups excluding carboxylic acids is 2. The number of carbonyl (C=O) groups is 2. The van der Waals surface area contributed by atoms with Crippen LogP contribution in [0.5, 0.6) is 5.75 Å². The van der Waals surface area contributed by atoms with Gasteiger partial charge >= 0.3 is 0 Å². The molecule has 0 aliphatic rings. The van der Waals surface area contributed by atoms with Gasteiger partial charge in [-0.2, -0.15) is 0 Å². The number of benzene rings is 2. The molecule has 0 atom stereocenters. The predicted octanol–water partition coefficient (Wildman–Crippen LogP) is 3.92. The topological polar surface area (TPSA) is 86.1 Å². The molecule has 0 aliphatic heterocycles. The standard InChI is InChI=1S/C22H23IN4O3S/c1-15(28)24-13-3-4-21-25-26-22(27(21)18-9-11-19(30-2)12-10-18)31-14-20(29)16-5-7-17(23)8-6-16/h5-12H,3-4,13-14H2,1-2H3,(H,24,28). The first-order valence-corrected chi connectivity index (χ1v) is 11.8. The maximum absolute atomic E-state index is 12.6. The second-order valence-electron chi connectivity index (χ2n) is 6.74. The quantitative estimate of drug-likeness (QED) is 0.178. The van der Waals surface area contributed by atoms with E-state index in [0.29, 0.717) is 23.7 Å². The monoisotopic (exact) mass is 550 g/mol. The van der Waals surface area contributed by atoms with Gasteiger partial charge in [-0.3, -0.25) is 14.2 Å². The van der Waals surface area contributed by atoms with Gasteiger partial charge in [-0.1, -0.05) is 23.9 Å². The molecule has 0 aliphatic carbocycles. The van der Waals surface area contributed by atoms with E-state index in [4.69, 9.17) is 4.74 Å². The number of rotatable bonds is 10. The van der Waals surface area contributed by atoms with Gasteiger partial charge in [0, 0.05) is 34.7 Å². The SMILES string of the molecule is COc1ccc(-n2c(CCCNC(C)=O)nnc2SCC(=O)c2ccc(I)cc2)cc1. The summed E-state index contributed by atoms with van der Waals surface area (Å²) in [7, 11) is 1.62. The molecule has 0 spiro atoms. The molecule has 2 aromatic carbocycles. The highest BCUT2D eigenvalue weighted by atomic mass is 127. The van der Waals surface area contributed by atoms with Gasteiger partial charge in [0.05, 0.1) is 12.9 Å². The van der Waals surface area contributed by atoms with Crippen LogP contribution in [0, 0.1) is 3.57 Å². The highest BCUT2D eigenvalue weighted by Crippen LogP contribution is 2.25. The van der Waals surface area contributed by atoms with Crippen LogP contribution in [0.3, 0.4) is 0 Å². The molecule has 0 saturated carbocycles. The Labute approximate surface area is 199 Å². The molecule has 31 heavy (non-hydrogen) atoms. The van der Waals surface area contributed by atoms with E-state index in [9.17, 15) is 9.59 Å². The van der Waals surface area contributed by atoms with E-state index in [1.165, 1.54) is 18.7 Å². The van der Waals surface area contributed by atoms with Gasteiger partial charge in [0.2, 0.25) is 5.91 Å². The first-order valence-electron chi connectivity index (χ1n) is 9.72. The molecule has 0 unspecified atom stereocenters. The number of hydrogen-bond donors (Lipinski definition) is 1. The zero-order valence-electron chi connectivity index (χ0n) is 17.3. The minimum atomic E-state index is -0.0537. The Kier molecular flexibility index (Phi) is 8.47. The normalized spacial score (nSPS) is 10.7. The van der Waals surface area contributed by atoms with Crippen molar-refractivity contribution in [1.82, 2.24) is 20.1 Å². The lowest BCUT2D eigenvalue weighted by Gasteiger charge is -2.11. The Bertz CT molecular complexity index is 1040. The molecule has 3 aromatic rings. The van der Waals surface area contributed by atoms with Crippen LogP contribution in [0.4, 0.5) is 0 Å². The van der Waals surface area contributed by atoms with Crippen molar-refractivity contribution in [3.8, 4) is 11.4 Å². The van der Waals surface area contributed by atoms with Crippen molar-refractivity contribution in [1.29, 1.82) is 0 Å². The fourth-order valence-electron chi connectivity index (χ4n) is 2.91. The maximum atomic E-state index is 12.6. The summed E-state index contributed by atoms with van der Waals surface area (Å²) in [4.78, 5) is 23.7. The van der Waals surface area contributed by atoms with E-state index in [0.717, 1.165) is 27.3 Å². The van der Waals surface area contributed by atoms with E-state index >= 15 is 0 Å².